The molecule has 0 fully saturated rings. The molecule has 0 bridgehead atoms. The van der Waals surface area contributed by atoms with Crippen LogP contribution in [-0.4, -0.2) is 24.7 Å². The van der Waals surface area contributed by atoms with Crippen molar-refractivity contribution in [2.75, 3.05) is 13.0 Å². The van der Waals surface area contributed by atoms with Crippen LogP contribution in [0.4, 0.5) is 0 Å². The van der Waals surface area contributed by atoms with Gasteiger partial charge >= 0.3 is 5.97 Å². The smallest absolute Gasteiger partial charge is 0.309 e. The van der Waals surface area contributed by atoms with Crippen LogP contribution < -0.4 is 0 Å². The van der Waals surface area contributed by atoms with Gasteiger partial charge in [0.05, 0.1) is 19.4 Å². The Kier molecular flexibility index (Phi) is 5.16. The maximum absolute atomic E-state index is 11.4. The van der Waals surface area contributed by atoms with Gasteiger partial charge in [-0.15, -0.1) is 11.6 Å². The summed E-state index contributed by atoms with van der Waals surface area (Å²) in [6.07, 6.45) is 0.450. The quantitative estimate of drug-likeness (QED) is 0.597. The highest BCUT2D eigenvalue weighted by molar-refractivity contribution is 6.27. The number of hydrogen-bond acceptors (Lipinski definition) is 3. The van der Waals surface area contributed by atoms with Gasteiger partial charge in [-0.05, 0) is 23.6 Å². The second-order valence-corrected chi connectivity index (χ2v) is 4.08. The van der Waals surface area contributed by atoms with Crippen molar-refractivity contribution in [3.05, 3.63) is 34.9 Å². The predicted molar refractivity (Wildman–Crippen MR) is 66.3 cm³/mol. The minimum Gasteiger partial charge on any atom is -0.469 e. The largest absolute Gasteiger partial charge is 0.469 e. The molecule has 17 heavy (non-hydrogen) atoms. The summed E-state index contributed by atoms with van der Waals surface area (Å²) in [5.41, 5.74) is 2.70. The van der Waals surface area contributed by atoms with Crippen molar-refractivity contribution in [3.63, 3.8) is 0 Å². The molecule has 1 aromatic rings. The lowest BCUT2D eigenvalue weighted by Crippen LogP contribution is -2.12. The molecule has 0 N–H and O–H groups in total. The minimum atomic E-state index is -0.310. The molecule has 0 saturated heterocycles. The summed E-state index contributed by atoms with van der Waals surface area (Å²) in [7, 11) is 1.35. The standard InChI is InChI=1S/C13H15ClO3/c1-9-4-3-5-10(6-13(16)17-2)12(9)7-11(15)8-14/h3-5H,6-8H2,1-2H3. The van der Waals surface area contributed by atoms with Crippen molar-refractivity contribution in [1.82, 2.24) is 0 Å². The van der Waals surface area contributed by atoms with E-state index in [0.29, 0.717) is 0 Å². The van der Waals surface area contributed by atoms with Gasteiger partial charge in [-0.3, -0.25) is 9.59 Å². The van der Waals surface area contributed by atoms with E-state index in [2.05, 4.69) is 4.74 Å². The number of aryl methyl sites for hydroxylation is 1. The summed E-state index contributed by atoms with van der Waals surface area (Å²) in [6.45, 7) is 1.91. The Hall–Kier alpha value is -1.35. The summed E-state index contributed by atoms with van der Waals surface area (Å²) >= 11 is 5.50. The van der Waals surface area contributed by atoms with Crippen LogP contribution in [-0.2, 0) is 27.2 Å². The van der Waals surface area contributed by atoms with Crippen LogP contribution in [0.2, 0.25) is 0 Å². The molecule has 1 rings (SSSR count). The van der Waals surface area contributed by atoms with E-state index >= 15 is 0 Å². The third-order valence-corrected chi connectivity index (χ3v) is 2.89. The Morgan fingerprint density at radius 2 is 2.00 bits per heavy atom. The van der Waals surface area contributed by atoms with Gasteiger partial charge in [0.2, 0.25) is 0 Å². The van der Waals surface area contributed by atoms with Gasteiger partial charge in [-0.2, -0.15) is 0 Å². The molecule has 0 aliphatic carbocycles. The third kappa shape index (κ3) is 3.86. The fourth-order valence-corrected chi connectivity index (χ4v) is 1.75. The first-order valence-corrected chi connectivity index (χ1v) is 5.83. The number of Topliss-reactive ketones (excluding diaryl/α,β-unsaturated/α-hetero) is 1. The van der Waals surface area contributed by atoms with E-state index in [9.17, 15) is 9.59 Å². The molecule has 4 heteroatoms. The molecule has 0 atom stereocenters. The van der Waals surface area contributed by atoms with Crippen molar-refractivity contribution in [2.24, 2.45) is 0 Å². The average Bonchev–Trinajstić information content (AvgIpc) is 2.33. The molecule has 1 aromatic carbocycles. The number of methoxy groups -OCH3 is 1. The van der Waals surface area contributed by atoms with Crippen LogP contribution in [0.3, 0.4) is 0 Å². The second-order valence-electron chi connectivity index (χ2n) is 3.81. The number of carbonyl (C=O) groups is 2. The van der Waals surface area contributed by atoms with Gasteiger partial charge in [0.25, 0.3) is 0 Å². The van der Waals surface area contributed by atoms with Gasteiger partial charge in [0.1, 0.15) is 0 Å². The lowest BCUT2D eigenvalue weighted by Gasteiger charge is -2.10. The molecule has 0 aliphatic heterocycles. The van der Waals surface area contributed by atoms with Crippen LogP contribution >= 0.6 is 11.6 Å². The zero-order valence-electron chi connectivity index (χ0n) is 9.96. The lowest BCUT2D eigenvalue weighted by molar-refractivity contribution is -0.139. The first-order chi connectivity index (χ1) is 8.08. The zero-order valence-corrected chi connectivity index (χ0v) is 10.7. The van der Waals surface area contributed by atoms with Crippen molar-refractivity contribution in [1.29, 1.82) is 0 Å². The fraction of sp³-hybridized carbons (Fsp3) is 0.385. The van der Waals surface area contributed by atoms with E-state index in [4.69, 9.17) is 11.6 Å². The normalized spacial score (nSPS) is 10.1. The molecule has 0 aliphatic rings. The van der Waals surface area contributed by atoms with Crippen LogP contribution in [0.5, 0.6) is 0 Å². The maximum Gasteiger partial charge on any atom is 0.309 e. The van der Waals surface area contributed by atoms with E-state index < -0.39 is 0 Å². The van der Waals surface area contributed by atoms with Crippen LogP contribution in [0.15, 0.2) is 18.2 Å². The van der Waals surface area contributed by atoms with Gasteiger partial charge < -0.3 is 4.74 Å². The van der Waals surface area contributed by atoms with E-state index in [1.807, 2.05) is 25.1 Å². The lowest BCUT2D eigenvalue weighted by atomic mass is 9.96. The molecular formula is C13H15ClO3. The average molecular weight is 255 g/mol. The van der Waals surface area contributed by atoms with Crippen LogP contribution in [0, 0.1) is 6.92 Å². The van der Waals surface area contributed by atoms with Crippen LogP contribution in [0.25, 0.3) is 0 Å². The Morgan fingerprint density at radius 3 is 2.59 bits per heavy atom. The molecule has 0 unspecified atom stereocenters. The van der Waals surface area contributed by atoms with E-state index in [1.54, 1.807) is 0 Å². The van der Waals surface area contributed by atoms with Gasteiger partial charge in [0, 0.05) is 6.42 Å². The molecular weight excluding hydrogens is 240 g/mol. The third-order valence-electron chi connectivity index (χ3n) is 2.59. The summed E-state index contributed by atoms with van der Waals surface area (Å²) < 4.78 is 4.63. The number of esters is 1. The molecule has 3 nitrogen and oxygen atoms in total. The summed E-state index contributed by atoms with van der Waals surface area (Å²) in [5, 5.41) is 0. The van der Waals surface area contributed by atoms with E-state index in [0.717, 1.165) is 16.7 Å². The van der Waals surface area contributed by atoms with Gasteiger partial charge in [-0.25, -0.2) is 0 Å². The molecule has 92 valence electrons. The predicted octanol–water partition coefficient (Wildman–Crippen LogP) is 2.06. The minimum absolute atomic E-state index is 0.00794. The first kappa shape index (κ1) is 13.7. The molecule has 0 aromatic heterocycles. The van der Waals surface area contributed by atoms with Crippen molar-refractivity contribution < 1.29 is 14.3 Å². The zero-order chi connectivity index (χ0) is 12.8. The second kappa shape index (κ2) is 6.40. The highest BCUT2D eigenvalue weighted by atomic mass is 35.5. The van der Waals surface area contributed by atoms with Crippen molar-refractivity contribution in [3.8, 4) is 0 Å². The van der Waals surface area contributed by atoms with Crippen molar-refractivity contribution >= 4 is 23.4 Å². The number of alkyl halides is 1. The monoisotopic (exact) mass is 254 g/mol. The first-order valence-electron chi connectivity index (χ1n) is 5.30. The number of carbonyl (C=O) groups excluding carboxylic acids is 2. The van der Waals surface area contributed by atoms with Crippen LogP contribution in [0.1, 0.15) is 16.7 Å². The van der Waals surface area contributed by atoms with Gasteiger partial charge in [-0.1, -0.05) is 18.2 Å². The molecule has 0 heterocycles. The molecule has 0 spiro atoms. The summed E-state index contributed by atoms with van der Waals surface area (Å²) in [5.74, 6) is -0.367. The summed E-state index contributed by atoms with van der Waals surface area (Å²) in [4.78, 5) is 22.7. The summed E-state index contributed by atoms with van der Waals surface area (Å²) in [6, 6.07) is 5.61. The number of ketones is 1. The van der Waals surface area contributed by atoms with Crippen molar-refractivity contribution in [2.45, 2.75) is 19.8 Å². The Balaban J connectivity index is 2.99. The SMILES string of the molecule is COC(=O)Cc1cccc(C)c1CC(=O)CCl. The molecule has 0 radical (unpaired) electrons. The number of rotatable bonds is 5. The van der Waals surface area contributed by atoms with E-state index in [-0.39, 0.29) is 30.5 Å². The van der Waals surface area contributed by atoms with Gasteiger partial charge in [0.15, 0.2) is 5.78 Å². The number of hydrogen-bond donors (Lipinski definition) is 0. The Labute approximate surface area is 106 Å². The molecule has 0 amide bonds. The highest BCUT2D eigenvalue weighted by Crippen LogP contribution is 2.16. The Morgan fingerprint density at radius 1 is 1.29 bits per heavy atom. The maximum atomic E-state index is 11.4. The van der Waals surface area contributed by atoms with E-state index in [1.165, 1.54) is 7.11 Å². The molecule has 0 saturated carbocycles. The number of ether oxygens (including phenoxy) is 1. The number of benzene rings is 1. The highest BCUT2D eigenvalue weighted by Gasteiger charge is 2.12. The fourth-order valence-electron chi connectivity index (χ4n) is 1.65. The number of halogens is 1. The topological polar surface area (TPSA) is 43.4 Å². The Bertz CT molecular complexity index is 427.